The first-order chi connectivity index (χ1) is 7.00. The Morgan fingerprint density at radius 2 is 2.00 bits per heavy atom. The fourth-order valence-corrected chi connectivity index (χ4v) is 1.69. The molecule has 0 aliphatic rings. The van der Waals surface area contributed by atoms with Crippen LogP contribution in [0.15, 0.2) is 28.7 Å². The summed E-state index contributed by atoms with van der Waals surface area (Å²) in [4.78, 5) is 22.9. The van der Waals surface area contributed by atoms with Crippen LogP contribution in [-0.4, -0.2) is 11.6 Å². The Labute approximate surface area is 97.8 Å². The molecular formula is C12H13BrO2. The first-order valence-electron chi connectivity index (χ1n) is 4.82. The first kappa shape index (κ1) is 12.1. The highest BCUT2D eigenvalue weighted by molar-refractivity contribution is 9.10. The maximum absolute atomic E-state index is 11.5. The topological polar surface area (TPSA) is 34.1 Å². The van der Waals surface area contributed by atoms with Crippen LogP contribution in [-0.2, 0) is 16.0 Å². The second kappa shape index (κ2) is 5.21. The molecule has 2 nitrogen and oxygen atoms in total. The molecule has 0 aliphatic carbocycles. The molecule has 0 bridgehead atoms. The Kier molecular flexibility index (Phi) is 4.21. The van der Waals surface area contributed by atoms with E-state index in [-0.39, 0.29) is 23.9 Å². The van der Waals surface area contributed by atoms with Crippen LogP contribution in [0, 0.1) is 5.92 Å². The number of halogens is 1. The van der Waals surface area contributed by atoms with Crippen LogP contribution in [0.1, 0.15) is 19.4 Å². The van der Waals surface area contributed by atoms with E-state index in [4.69, 9.17) is 0 Å². The Morgan fingerprint density at radius 3 is 2.53 bits per heavy atom. The maximum atomic E-state index is 11.5. The van der Waals surface area contributed by atoms with Crippen molar-refractivity contribution in [3.8, 4) is 0 Å². The minimum absolute atomic E-state index is 0.191. The number of carbonyl (C=O) groups excluding carboxylic acids is 2. The van der Waals surface area contributed by atoms with Crippen molar-refractivity contribution in [1.82, 2.24) is 0 Å². The molecule has 0 N–H and O–H groups in total. The number of benzene rings is 1. The van der Waals surface area contributed by atoms with Crippen molar-refractivity contribution in [3.63, 3.8) is 0 Å². The van der Waals surface area contributed by atoms with Gasteiger partial charge in [-0.05, 0) is 17.7 Å². The molecule has 0 aliphatic heterocycles. The third kappa shape index (κ3) is 3.59. The molecule has 0 amide bonds. The molecule has 80 valence electrons. The van der Waals surface area contributed by atoms with Gasteiger partial charge in [0.2, 0.25) is 11.6 Å². The second-order valence-electron chi connectivity index (χ2n) is 3.75. The van der Waals surface area contributed by atoms with Crippen molar-refractivity contribution in [2.24, 2.45) is 5.92 Å². The molecule has 1 rings (SSSR count). The summed E-state index contributed by atoms with van der Waals surface area (Å²) < 4.78 is 0.921. The van der Waals surface area contributed by atoms with Crippen LogP contribution in [0.3, 0.4) is 0 Å². The van der Waals surface area contributed by atoms with Crippen LogP contribution in [0.5, 0.6) is 0 Å². The van der Waals surface area contributed by atoms with Gasteiger partial charge in [0.25, 0.3) is 0 Å². The number of hydrogen-bond donors (Lipinski definition) is 0. The Balaban J connectivity index is 2.71. The van der Waals surface area contributed by atoms with Gasteiger partial charge < -0.3 is 0 Å². The lowest BCUT2D eigenvalue weighted by Crippen LogP contribution is -2.21. The van der Waals surface area contributed by atoms with Gasteiger partial charge in [0, 0.05) is 16.8 Å². The van der Waals surface area contributed by atoms with Gasteiger partial charge in [0.15, 0.2) is 0 Å². The molecule has 3 heteroatoms. The third-order valence-electron chi connectivity index (χ3n) is 2.05. The highest BCUT2D eigenvalue weighted by atomic mass is 79.9. The Bertz CT molecular complexity index is 383. The second-order valence-corrected chi connectivity index (χ2v) is 4.66. The Hall–Kier alpha value is -0.960. The summed E-state index contributed by atoms with van der Waals surface area (Å²) >= 11 is 3.32. The van der Waals surface area contributed by atoms with E-state index in [1.165, 1.54) is 0 Å². The van der Waals surface area contributed by atoms with Gasteiger partial charge in [-0.2, -0.15) is 0 Å². The summed E-state index contributed by atoms with van der Waals surface area (Å²) in [5, 5.41) is 0. The average Bonchev–Trinajstić information content (AvgIpc) is 2.16. The van der Waals surface area contributed by atoms with Crippen molar-refractivity contribution in [1.29, 1.82) is 0 Å². The van der Waals surface area contributed by atoms with E-state index in [2.05, 4.69) is 15.9 Å². The SMILES string of the molecule is CC(C)C(=O)C(=O)Cc1cccc(Br)c1. The molecule has 0 fully saturated rings. The molecule has 15 heavy (non-hydrogen) atoms. The van der Waals surface area contributed by atoms with E-state index in [0.29, 0.717) is 0 Å². The summed E-state index contributed by atoms with van der Waals surface area (Å²) in [5.74, 6) is -0.831. The van der Waals surface area contributed by atoms with E-state index in [1.807, 2.05) is 24.3 Å². The maximum Gasteiger partial charge on any atom is 0.203 e. The van der Waals surface area contributed by atoms with Gasteiger partial charge in [0.05, 0.1) is 0 Å². The monoisotopic (exact) mass is 268 g/mol. The van der Waals surface area contributed by atoms with Crippen molar-refractivity contribution in [2.75, 3.05) is 0 Å². The summed E-state index contributed by atoms with van der Waals surface area (Å²) in [5.41, 5.74) is 0.864. The fourth-order valence-electron chi connectivity index (χ4n) is 1.24. The Morgan fingerprint density at radius 1 is 1.33 bits per heavy atom. The minimum atomic E-state index is -0.317. The first-order valence-corrected chi connectivity index (χ1v) is 5.61. The van der Waals surface area contributed by atoms with Gasteiger partial charge in [0.1, 0.15) is 0 Å². The van der Waals surface area contributed by atoms with Crippen LogP contribution in [0.4, 0.5) is 0 Å². The predicted octanol–water partition coefficient (Wildman–Crippen LogP) is 2.79. The van der Waals surface area contributed by atoms with Gasteiger partial charge >= 0.3 is 0 Å². The van der Waals surface area contributed by atoms with Crippen LogP contribution in [0.25, 0.3) is 0 Å². The van der Waals surface area contributed by atoms with Crippen molar-refractivity contribution in [2.45, 2.75) is 20.3 Å². The molecule has 0 heterocycles. The molecule has 0 saturated carbocycles. The number of carbonyl (C=O) groups is 2. The lowest BCUT2D eigenvalue weighted by Gasteiger charge is -2.03. The van der Waals surface area contributed by atoms with Gasteiger partial charge in [-0.15, -0.1) is 0 Å². The average molecular weight is 269 g/mol. The summed E-state index contributed by atoms with van der Waals surface area (Å²) in [7, 11) is 0. The zero-order chi connectivity index (χ0) is 11.4. The summed E-state index contributed by atoms with van der Waals surface area (Å²) in [6.45, 7) is 3.47. The van der Waals surface area contributed by atoms with Crippen LogP contribution in [0.2, 0.25) is 0 Å². The largest absolute Gasteiger partial charge is 0.291 e. The number of rotatable bonds is 4. The van der Waals surface area contributed by atoms with E-state index < -0.39 is 0 Å². The van der Waals surface area contributed by atoms with Crippen molar-refractivity contribution < 1.29 is 9.59 Å². The molecule has 0 spiro atoms. The molecule has 0 unspecified atom stereocenters. The molecule has 1 aromatic carbocycles. The zero-order valence-electron chi connectivity index (χ0n) is 8.79. The van der Waals surface area contributed by atoms with Crippen molar-refractivity contribution >= 4 is 27.5 Å². The number of Topliss-reactive ketones (excluding diaryl/α,β-unsaturated/α-hetero) is 2. The zero-order valence-corrected chi connectivity index (χ0v) is 10.4. The summed E-state index contributed by atoms with van der Waals surface area (Å²) in [6.07, 6.45) is 0.191. The van der Waals surface area contributed by atoms with E-state index in [1.54, 1.807) is 13.8 Å². The standard InChI is InChI=1S/C12H13BrO2/c1-8(2)12(15)11(14)7-9-4-3-5-10(13)6-9/h3-6,8H,7H2,1-2H3. The summed E-state index contributed by atoms with van der Waals surface area (Å²) in [6, 6.07) is 7.44. The number of ketones is 2. The smallest absolute Gasteiger partial charge is 0.203 e. The minimum Gasteiger partial charge on any atom is -0.291 e. The molecule has 0 aromatic heterocycles. The van der Waals surface area contributed by atoms with E-state index in [9.17, 15) is 9.59 Å². The van der Waals surface area contributed by atoms with Crippen molar-refractivity contribution in [3.05, 3.63) is 34.3 Å². The number of hydrogen-bond acceptors (Lipinski definition) is 2. The van der Waals surface area contributed by atoms with E-state index >= 15 is 0 Å². The predicted molar refractivity (Wildman–Crippen MR) is 62.7 cm³/mol. The quantitative estimate of drug-likeness (QED) is 0.787. The molecule has 0 saturated heterocycles. The van der Waals surface area contributed by atoms with Crippen LogP contribution < -0.4 is 0 Å². The lowest BCUT2D eigenvalue weighted by molar-refractivity contribution is -0.138. The van der Waals surface area contributed by atoms with Gasteiger partial charge in [-0.1, -0.05) is 41.9 Å². The fraction of sp³-hybridized carbons (Fsp3) is 0.333. The lowest BCUT2D eigenvalue weighted by atomic mass is 10.00. The highest BCUT2D eigenvalue weighted by Gasteiger charge is 2.17. The molecular weight excluding hydrogens is 256 g/mol. The highest BCUT2D eigenvalue weighted by Crippen LogP contribution is 2.12. The van der Waals surface area contributed by atoms with Gasteiger partial charge in [-0.3, -0.25) is 9.59 Å². The van der Waals surface area contributed by atoms with E-state index in [0.717, 1.165) is 10.0 Å². The van der Waals surface area contributed by atoms with Gasteiger partial charge in [-0.25, -0.2) is 0 Å². The molecule has 1 aromatic rings. The third-order valence-corrected chi connectivity index (χ3v) is 2.55. The molecule has 0 atom stereocenters. The molecule has 0 radical (unpaired) electrons. The normalized spacial score (nSPS) is 10.4. The van der Waals surface area contributed by atoms with Crippen LogP contribution >= 0.6 is 15.9 Å².